The molecule has 1 aromatic rings. The number of nitrogens with one attached hydrogen (secondary N) is 1. The molecule has 2 aliphatic heterocycles. The lowest BCUT2D eigenvalue weighted by atomic mass is 10.00. The van der Waals surface area contributed by atoms with E-state index in [-0.39, 0.29) is 16.8 Å². The molecule has 0 radical (unpaired) electrons. The Balaban J connectivity index is 1.67. The number of carbonyl (C=O) groups is 1. The molecule has 0 bridgehead atoms. The van der Waals surface area contributed by atoms with E-state index in [1.54, 1.807) is 24.0 Å². The van der Waals surface area contributed by atoms with Crippen LogP contribution < -0.4 is 4.72 Å². The summed E-state index contributed by atoms with van der Waals surface area (Å²) in [4.78, 5) is 16.0. The summed E-state index contributed by atoms with van der Waals surface area (Å²) in [5.41, 5.74) is 2.06. The Labute approximate surface area is 156 Å². The van der Waals surface area contributed by atoms with E-state index in [9.17, 15) is 13.2 Å². The minimum atomic E-state index is -3.55. The van der Waals surface area contributed by atoms with Crippen LogP contribution in [-0.2, 0) is 27.8 Å². The largest absolute Gasteiger partial charge is 0.338 e. The number of hydrogen-bond donors (Lipinski definition) is 1. The maximum absolute atomic E-state index is 12.7. The van der Waals surface area contributed by atoms with Gasteiger partial charge in [-0.2, -0.15) is 0 Å². The molecule has 0 aromatic heterocycles. The van der Waals surface area contributed by atoms with Crippen LogP contribution in [0.2, 0.25) is 0 Å². The standard InChI is InChI=1S/C19H29N3O3S/c1-15(21-9-4-3-5-10-21)13-20-26(24,25)19-7-6-17-8-11-22(16(2)23)14-18(17)12-19/h6-7,12,15,20H,3-5,8-11,13-14H2,1-2H3. The van der Waals surface area contributed by atoms with Crippen molar-refractivity contribution < 1.29 is 13.2 Å². The van der Waals surface area contributed by atoms with Gasteiger partial charge in [-0.3, -0.25) is 9.69 Å². The molecule has 1 aromatic carbocycles. The molecule has 144 valence electrons. The van der Waals surface area contributed by atoms with Crippen molar-refractivity contribution >= 4 is 15.9 Å². The number of hydrogen-bond acceptors (Lipinski definition) is 4. The second-order valence-electron chi connectivity index (χ2n) is 7.42. The van der Waals surface area contributed by atoms with Crippen LogP contribution in [0.1, 0.15) is 44.2 Å². The SMILES string of the molecule is CC(=O)N1CCc2ccc(S(=O)(=O)NCC(C)N3CCCCC3)cc2C1. The molecule has 1 amide bonds. The highest BCUT2D eigenvalue weighted by Crippen LogP contribution is 2.23. The third-order valence-corrected chi connectivity index (χ3v) is 6.95. The molecule has 0 saturated carbocycles. The highest BCUT2D eigenvalue weighted by molar-refractivity contribution is 7.89. The fraction of sp³-hybridized carbons (Fsp3) is 0.632. The van der Waals surface area contributed by atoms with E-state index in [2.05, 4.69) is 16.5 Å². The number of sulfonamides is 1. The summed E-state index contributed by atoms with van der Waals surface area (Å²) in [7, 11) is -3.55. The summed E-state index contributed by atoms with van der Waals surface area (Å²) in [6.07, 6.45) is 4.42. The first kappa shape index (κ1) is 19.3. The summed E-state index contributed by atoms with van der Waals surface area (Å²) in [5, 5.41) is 0. The molecule has 3 rings (SSSR count). The van der Waals surface area contributed by atoms with Gasteiger partial charge in [-0.1, -0.05) is 12.5 Å². The number of nitrogens with zero attached hydrogens (tertiary/aromatic N) is 2. The number of benzene rings is 1. The van der Waals surface area contributed by atoms with Crippen molar-refractivity contribution in [2.45, 2.75) is 57.0 Å². The molecule has 1 unspecified atom stereocenters. The predicted molar refractivity (Wildman–Crippen MR) is 101 cm³/mol. The zero-order chi connectivity index (χ0) is 18.7. The highest BCUT2D eigenvalue weighted by atomic mass is 32.2. The van der Waals surface area contributed by atoms with Crippen LogP contribution in [0.15, 0.2) is 23.1 Å². The normalized spacial score (nSPS) is 19.8. The van der Waals surface area contributed by atoms with Crippen molar-refractivity contribution in [3.8, 4) is 0 Å². The van der Waals surface area contributed by atoms with Gasteiger partial charge in [-0.05, 0) is 62.5 Å². The van der Waals surface area contributed by atoms with Crippen LogP contribution in [0.25, 0.3) is 0 Å². The lowest BCUT2D eigenvalue weighted by Gasteiger charge is -2.32. The topological polar surface area (TPSA) is 69.7 Å². The smallest absolute Gasteiger partial charge is 0.240 e. The van der Waals surface area contributed by atoms with Gasteiger partial charge in [0.1, 0.15) is 0 Å². The van der Waals surface area contributed by atoms with Crippen molar-refractivity contribution in [1.29, 1.82) is 0 Å². The third-order valence-electron chi connectivity index (χ3n) is 5.53. The molecular weight excluding hydrogens is 350 g/mol. The van der Waals surface area contributed by atoms with Crippen molar-refractivity contribution in [1.82, 2.24) is 14.5 Å². The van der Waals surface area contributed by atoms with E-state index in [1.165, 1.54) is 19.3 Å². The molecule has 2 aliphatic rings. The Kier molecular flexibility index (Phi) is 5.99. The highest BCUT2D eigenvalue weighted by Gasteiger charge is 2.23. The van der Waals surface area contributed by atoms with Crippen LogP contribution in [0.3, 0.4) is 0 Å². The zero-order valence-electron chi connectivity index (χ0n) is 15.7. The van der Waals surface area contributed by atoms with E-state index in [4.69, 9.17) is 0 Å². The molecule has 0 spiro atoms. The molecule has 0 aliphatic carbocycles. The van der Waals surface area contributed by atoms with E-state index in [1.807, 2.05) is 6.07 Å². The zero-order valence-corrected chi connectivity index (χ0v) is 16.5. The van der Waals surface area contributed by atoms with Gasteiger partial charge in [0.25, 0.3) is 0 Å². The molecule has 1 N–H and O–H groups in total. The molecule has 26 heavy (non-hydrogen) atoms. The Morgan fingerprint density at radius 1 is 1.15 bits per heavy atom. The molecular formula is C19H29N3O3S. The number of likely N-dealkylation sites (tertiary alicyclic amines) is 1. The van der Waals surface area contributed by atoms with Gasteiger partial charge in [0.2, 0.25) is 15.9 Å². The van der Waals surface area contributed by atoms with E-state index in [0.717, 1.165) is 30.6 Å². The Bertz CT molecular complexity index is 757. The summed E-state index contributed by atoms with van der Waals surface area (Å²) in [6, 6.07) is 5.47. The summed E-state index contributed by atoms with van der Waals surface area (Å²) in [6.45, 7) is 7.31. The number of rotatable bonds is 5. The average molecular weight is 380 g/mol. The third kappa shape index (κ3) is 4.45. The monoisotopic (exact) mass is 379 g/mol. The van der Waals surface area contributed by atoms with Crippen LogP contribution in [0.4, 0.5) is 0 Å². The summed E-state index contributed by atoms with van der Waals surface area (Å²) >= 11 is 0. The molecule has 1 saturated heterocycles. The van der Waals surface area contributed by atoms with Gasteiger partial charge in [0.05, 0.1) is 4.90 Å². The van der Waals surface area contributed by atoms with Crippen LogP contribution in [0.5, 0.6) is 0 Å². The Hall–Kier alpha value is -1.44. The van der Waals surface area contributed by atoms with Crippen molar-refractivity contribution in [2.75, 3.05) is 26.2 Å². The minimum Gasteiger partial charge on any atom is -0.338 e. The summed E-state index contributed by atoms with van der Waals surface area (Å²) in [5.74, 6) is 0.0254. The molecule has 2 heterocycles. The lowest BCUT2D eigenvalue weighted by molar-refractivity contribution is -0.129. The van der Waals surface area contributed by atoms with Gasteiger partial charge in [0.15, 0.2) is 0 Å². The number of amides is 1. The molecule has 6 nitrogen and oxygen atoms in total. The first-order valence-corrected chi connectivity index (χ1v) is 11.0. The second-order valence-corrected chi connectivity index (χ2v) is 9.19. The quantitative estimate of drug-likeness (QED) is 0.846. The van der Waals surface area contributed by atoms with Crippen molar-refractivity contribution in [3.63, 3.8) is 0 Å². The lowest BCUT2D eigenvalue weighted by Crippen LogP contribution is -2.44. The van der Waals surface area contributed by atoms with E-state index >= 15 is 0 Å². The van der Waals surface area contributed by atoms with Crippen LogP contribution in [-0.4, -0.2) is 56.3 Å². The van der Waals surface area contributed by atoms with Crippen LogP contribution >= 0.6 is 0 Å². The first-order valence-electron chi connectivity index (χ1n) is 9.48. The fourth-order valence-corrected chi connectivity index (χ4v) is 4.94. The van der Waals surface area contributed by atoms with Gasteiger partial charge in [-0.25, -0.2) is 13.1 Å². The Morgan fingerprint density at radius 3 is 2.58 bits per heavy atom. The second kappa shape index (κ2) is 8.06. The van der Waals surface area contributed by atoms with Gasteiger partial charge in [0, 0.05) is 32.6 Å². The minimum absolute atomic E-state index is 0.0254. The molecule has 1 atom stereocenters. The maximum Gasteiger partial charge on any atom is 0.240 e. The predicted octanol–water partition coefficient (Wildman–Crippen LogP) is 1.74. The maximum atomic E-state index is 12.7. The molecule has 7 heteroatoms. The average Bonchev–Trinajstić information content (AvgIpc) is 2.66. The number of carbonyl (C=O) groups excluding carboxylic acids is 1. The van der Waals surface area contributed by atoms with Crippen molar-refractivity contribution in [2.24, 2.45) is 0 Å². The van der Waals surface area contributed by atoms with E-state index < -0.39 is 10.0 Å². The van der Waals surface area contributed by atoms with Gasteiger partial charge in [-0.15, -0.1) is 0 Å². The Morgan fingerprint density at radius 2 is 1.88 bits per heavy atom. The van der Waals surface area contributed by atoms with Crippen LogP contribution in [0, 0.1) is 0 Å². The fourth-order valence-electron chi connectivity index (χ4n) is 3.77. The molecule has 1 fully saturated rings. The summed E-state index contributed by atoms with van der Waals surface area (Å²) < 4.78 is 28.2. The van der Waals surface area contributed by atoms with E-state index in [0.29, 0.717) is 19.6 Å². The van der Waals surface area contributed by atoms with Gasteiger partial charge >= 0.3 is 0 Å². The number of fused-ring (bicyclic) bond motifs is 1. The van der Waals surface area contributed by atoms with Gasteiger partial charge < -0.3 is 4.90 Å². The van der Waals surface area contributed by atoms with Crippen molar-refractivity contribution in [3.05, 3.63) is 29.3 Å². The first-order chi connectivity index (χ1) is 12.4. The number of piperidine rings is 1.